The molecule has 0 atom stereocenters. The van der Waals surface area contributed by atoms with Crippen molar-refractivity contribution in [2.45, 2.75) is 12.8 Å². The number of rotatable bonds is 4. The number of piperidine rings is 1. The summed E-state index contributed by atoms with van der Waals surface area (Å²) in [5.74, 6) is 0.211. The maximum atomic E-state index is 12.2. The number of nitrogens with one attached hydrogen (secondary N) is 1. The van der Waals surface area contributed by atoms with E-state index in [2.05, 4.69) is 10.2 Å². The van der Waals surface area contributed by atoms with Gasteiger partial charge in [-0.15, -0.1) is 0 Å². The van der Waals surface area contributed by atoms with Crippen LogP contribution in [-0.4, -0.2) is 43.3 Å². The normalized spacial score (nSPS) is 16.9. The van der Waals surface area contributed by atoms with Gasteiger partial charge in [-0.1, -0.05) is 23.7 Å². The summed E-state index contributed by atoms with van der Waals surface area (Å²) < 4.78 is 0. The molecule has 1 N–H and O–H groups in total. The van der Waals surface area contributed by atoms with Gasteiger partial charge in [-0.25, -0.2) is 0 Å². The molecular formula is C15H19ClN2O2. The predicted molar refractivity (Wildman–Crippen MR) is 79.0 cm³/mol. The van der Waals surface area contributed by atoms with E-state index >= 15 is 0 Å². The number of amides is 1. The third-order valence-electron chi connectivity index (χ3n) is 3.75. The highest BCUT2D eigenvalue weighted by atomic mass is 35.5. The molecule has 0 spiro atoms. The molecule has 1 aromatic rings. The van der Waals surface area contributed by atoms with Gasteiger partial charge < -0.3 is 5.32 Å². The van der Waals surface area contributed by atoms with Crippen LogP contribution in [0.5, 0.6) is 0 Å². The molecule has 1 aliphatic rings. The Morgan fingerprint density at radius 1 is 1.30 bits per heavy atom. The first-order valence-electron chi connectivity index (χ1n) is 6.83. The lowest BCUT2D eigenvalue weighted by Crippen LogP contribution is -2.41. The molecule has 1 saturated heterocycles. The smallest absolute Gasteiger partial charge is 0.222 e. The molecule has 5 heteroatoms. The number of ketones is 1. The third kappa shape index (κ3) is 3.58. The van der Waals surface area contributed by atoms with Gasteiger partial charge in [-0.2, -0.15) is 0 Å². The van der Waals surface area contributed by atoms with Crippen LogP contribution in [0.2, 0.25) is 5.02 Å². The van der Waals surface area contributed by atoms with E-state index in [1.165, 1.54) is 0 Å². The summed E-state index contributed by atoms with van der Waals surface area (Å²) in [5.41, 5.74) is 0.572. The number of Topliss-reactive ketones (excluding diaryl/α,β-unsaturated/α-hetero) is 1. The Morgan fingerprint density at radius 2 is 1.95 bits per heavy atom. The minimum absolute atomic E-state index is 0.0361. The lowest BCUT2D eigenvalue weighted by molar-refractivity contribution is -0.125. The average molecular weight is 295 g/mol. The van der Waals surface area contributed by atoms with E-state index in [0.717, 1.165) is 25.9 Å². The second kappa shape index (κ2) is 6.86. The van der Waals surface area contributed by atoms with Crippen molar-refractivity contribution in [2.75, 3.05) is 26.7 Å². The monoisotopic (exact) mass is 294 g/mol. The summed E-state index contributed by atoms with van der Waals surface area (Å²) in [6.45, 7) is 1.91. The van der Waals surface area contributed by atoms with E-state index in [1.807, 2.05) is 12.1 Å². The molecule has 2 rings (SSSR count). The Hall–Kier alpha value is -1.39. The van der Waals surface area contributed by atoms with Crippen molar-refractivity contribution < 1.29 is 9.59 Å². The van der Waals surface area contributed by atoms with Gasteiger partial charge in [0.05, 0.1) is 11.6 Å². The number of halogens is 1. The van der Waals surface area contributed by atoms with E-state index in [9.17, 15) is 9.59 Å². The molecule has 0 radical (unpaired) electrons. The van der Waals surface area contributed by atoms with Crippen molar-refractivity contribution in [2.24, 2.45) is 5.92 Å². The van der Waals surface area contributed by atoms with Crippen LogP contribution in [0.3, 0.4) is 0 Å². The minimum Gasteiger partial charge on any atom is -0.359 e. The number of carbonyl (C=O) groups excluding carboxylic acids is 2. The van der Waals surface area contributed by atoms with Gasteiger partial charge in [0, 0.05) is 18.5 Å². The fourth-order valence-electron chi connectivity index (χ4n) is 2.53. The Labute approximate surface area is 124 Å². The first-order valence-corrected chi connectivity index (χ1v) is 7.21. The van der Waals surface area contributed by atoms with Crippen LogP contribution in [0.15, 0.2) is 24.3 Å². The molecule has 108 valence electrons. The van der Waals surface area contributed by atoms with Crippen molar-refractivity contribution in [3.8, 4) is 0 Å². The van der Waals surface area contributed by atoms with Crippen LogP contribution < -0.4 is 5.32 Å². The molecule has 0 aliphatic carbocycles. The molecule has 0 aromatic heterocycles. The maximum absolute atomic E-state index is 12.2. The Morgan fingerprint density at radius 3 is 2.55 bits per heavy atom. The standard InChI is InChI=1S/C15H19ClN2O2/c1-17-15(20)11-6-8-18(9-7-11)10-14(19)12-4-2-3-5-13(12)16/h2-5,11H,6-10H2,1H3,(H,17,20). The maximum Gasteiger partial charge on any atom is 0.222 e. The number of likely N-dealkylation sites (tertiary alicyclic amines) is 1. The lowest BCUT2D eigenvalue weighted by atomic mass is 9.95. The lowest BCUT2D eigenvalue weighted by Gasteiger charge is -2.30. The zero-order valence-electron chi connectivity index (χ0n) is 11.6. The molecule has 1 heterocycles. The van der Waals surface area contributed by atoms with Crippen molar-refractivity contribution in [1.29, 1.82) is 0 Å². The molecule has 0 bridgehead atoms. The van der Waals surface area contributed by atoms with Gasteiger partial charge in [-0.05, 0) is 38.1 Å². The molecule has 1 fully saturated rings. The number of carbonyl (C=O) groups is 2. The van der Waals surface area contributed by atoms with Gasteiger partial charge in [0.1, 0.15) is 0 Å². The molecule has 4 nitrogen and oxygen atoms in total. The summed E-state index contributed by atoms with van der Waals surface area (Å²) in [6.07, 6.45) is 1.60. The molecule has 0 unspecified atom stereocenters. The highest BCUT2D eigenvalue weighted by Crippen LogP contribution is 2.19. The number of hydrogen-bond donors (Lipinski definition) is 1. The average Bonchev–Trinajstić information content (AvgIpc) is 2.47. The molecular weight excluding hydrogens is 276 g/mol. The fourth-order valence-corrected chi connectivity index (χ4v) is 2.77. The molecule has 1 aromatic carbocycles. The quantitative estimate of drug-likeness (QED) is 0.864. The first-order chi connectivity index (χ1) is 9.61. The topological polar surface area (TPSA) is 49.4 Å². The van der Waals surface area contributed by atoms with E-state index in [-0.39, 0.29) is 17.6 Å². The highest BCUT2D eigenvalue weighted by molar-refractivity contribution is 6.34. The van der Waals surface area contributed by atoms with Crippen molar-refractivity contribution in [1.82, 2.24) is 10.2 Å². The zero-order valence-corrected chi connectivity index (χ0v) is 12.3. The largest absolute Gasteiger partial charge is 0.359 e. The predicted octanol–water partition coefficient (Wildman–Crippen LogP) is 1.98. The summed E-state index contributed by atoms with van der Waals surface area (Å²) in [5, 5.41) is 3.18. The Bertz CT molecular complexity index is 496. The van der Waals surface area contributed by atoms with Crippen LogP contribution in [0.1, 0.15) is 23.2 Å². The Balaban J connectivity index is 1.88. The summed E-state index contributed by atoms with van der Waals surface area (Å²) >= 11 is 6.03. The van der Waals surface area contributed by atoms with Gasteiger partial charge >= 0.3 is 0 Å². The van der Waals surface area contributed by atoms with E-state index < -0.39 is 0 Å². The van der Waals surface area contributed by atoms with Crippen molar-refractivity contribution >= 4 is 23.3 Å². The minimum atomic E-state index is 0.0361. The number of benzene rings is 1. The van der Waals surface area contributed by atoms with Gasteiger partial charge in [0.15, 0.2) is 5.78 Å². The van der Waals surface area contributed by atoms with E-state index in [4.69, 9.17) is 11.6 Å². The van der Waals surface area contributed by atoms with Crippen LogP contribution in [0, 0.1) is 5.92 Å². The zero-order chi connectivity index (χ0) is 14.5. The summed E-state index contributed by atoms with van der Waals surface area (Å²) in [4.78, 5) is 25.8. The van der Waals surface area contributed by atoms with E-state index in [0.29, 0.717) is 17.1 Å². The summed E-state index contributed by atoms with van der Waals surface area (Å²) in [7, 11) is 1.66. The Kier molecular flexibility index (Phi) is 5.15. The molecule has 20 heavy (non-hydrogen) atoms. The van der Waals surface area contributed by atoms with Gasteiger partial charge in [0.25, 0.3) is 0 Å². The van der Waals surface area contributed by atoms with Crippen LogP contribution in [0.25, 0.3) is 0 Å². The third-order valence-corrected chi connectivity index (χ3v) is 4.08. The van der Waals surface area contributed by atoms with Crippen LogP contribution in [-0.2, 0) is 4.79 Å². The van der Waals surface area contributed by atoms with Crippen LogP contribution in [0.4, 0.5) is 0 Å². The molecule has 1 aliphatic heterocycles. The molecule has 0 saturated carbocycles. The van der Waals surface area contributed by atoms with E-state index in [1.54, 1.807) is 19.2 Å². The number of nitrogens with zero attached hydrogens (tertiary/aromatic N) is 1. The second-order valence-electron chi connectivity index (χ2n) is 5.07. The molecule has 1 amide bonds. The van der Waals surface area contributed by atoms with Crippen LogP contribution >= 0.6 is 11.6 Å². The second-order valence-corrected chi connectivity index (χ2v) is 5.47. The summed E-state index contributed by atoms with van der Waals surface area (Å²) in [6, 6.07) is 7.11. The first kappa shape index (κ1) is 15.0. The number of hydrogen-bond acceptors (Lipinski definition) is 3. The van der Waals surface area contributed by atoms with Crippen molar-refractivity contribution in [3.63, 3.8) is 0 Å². The van der Waals surface area contributed by atoms with Crippen molar-refractivity contribution in [3.05, 3.63) is 34.9 Å². The van der Waals surface area contributed by atoms with Gasteiger partial charge in [0.2, 0.25) is 5.91 Å². The van der Waals surface area contributed by atoms with Gasteiger partial charge in [-0.3, -0.25) is 14.5 Å². The highest BCUT2D eigenvalue weighted by Gasteiger charge is 2.25. The fraction of sp³-hybridized carbons (Fsp3) is 0.467. The SMILES string of the molecule is CNC(=O)C1CCN(CC(=O)c2ccccc2Cl)CC1.